The highest BCUT2D eigenvalue weighted by molar-refractivity contribution is 7.90. The SMILES string of the molecule is O=C(OCCCN=C1NS(=O)(=O)c2ccccc21)c1ccc(S(=O)(=O)N2CCCCC2)cc1. The molecule has 2 aliphatic rings. The van der Waals surface area contributed by atoms with E-state index in [1.165, 1.54) is 34.6 Å². The van der Waals surface area contributed by atoms with Crippen LogP contribution in [0.15, 0.2) is 63.3 Å². The van der Waals surface area contributed by atoms with E-state index < -0.39 is 26.0 Å². The number of amidine groups is 1. The van der Waals surface area contributed by atoms with Crippen LogP contribution in [0, 0.1) is 0 Å². The molecule has 2 aliphatic heterocycles. The lowest BCUT2D eigenvalue weighted by Crippen LogP contribution is -2.35. The molecular weight excluding hydrogens is 466 g/mol. The van der Waals surface area contributed by atoms with Crippen molar-refractivity contribution < 1.29 is 26.4 Å². The Hall–Kier alpha value is -2.76. The number of benzene rings is 2. The van der Waals surface area contributed by atoms with E-state index in [1.807, 2.05) is 0 Å². The Labute approximate surface area is 193 Å². The van der Waals surface area contributed by atoms with Crippen LogP contribution >= 0.6 is 0 Å². The zero-order valence-corrected chi connectivity index (χ0v) is 19.6. The molecule has 0 spiro atoms. The average Bonchev–Trinajstić information content (AvgIpc) is 3.09. The van der Waals surface area contributed by atoms with Crippen LogP contribution in [0.3, 0.4) is 0 Å². The number of esters is 1. The lowest BCUT2D eigenvalue weighted by Gasteiger charge is -2.25. The predicted octanol–water partition coefficient (Wildman–Crippen LogP) is 2.15. The van der Waals surface area contributed by atoms with Crippen LogP contribution in [-0.2, 0) is 24.8 Å². The van der Waals surface area contributed by atoms with Gasteiger partial charge >= 0.3 is 5.97 Å². The second kappa shape index (κ2) is 9.62. The van der Waals surface area contributed by atoms with Crippen molar-refractivity contribution in [3.8, 4) is 0 Å². The quantitative estimate of drug-likeness (QED) is 0.468. The van der Waals surface area contributed by atoms with Gasteiger partial charge in [0, 0.05) is 31.6 Å². The van der Waals surface area contributed by atoms with Crippen molar-refractivity contribution in [3.05, 3.63) is 59.7 Å². The fraction of sp³-hybridized carbons (Fsp3) is 0.364. The minimum atomic E-state index is -3.58. The van der Waals surface area contributed by atoms with E-state index in [-0.39, 0.29) is 34.3 Å². The topological polar surface area (TPSA) is 122 Å². The number of hydrogen-bond acceptors (Lipinski definition) is 7. The van der Waals surface area contributed by atoms with Crippen molar-refractivity contribution in [2.75, 3.05) is 26.2 Å². The highest BCUT2D eigenvalue weighted by atomic mass is 32.2. The fourth-order valence-corrected chi connectivity index (χ4v) is 6.54. The van der Waals surface area contributed by atoms with Crippen molar-refractivity contribution in [1.29, 1.82) is 0 Å². The number of rotatable bonds is 7. The first-order chi connectivity index (χ1) is 15.8. The average molecular weight is 492 g/mol. The van der Waals surface area contributed by atoms with Crippen LogP contribution in [0.5, 0.6) is 0 Å². The maximum absolute atomic E-state index is 12.7. The fourth-order valence-electron chi connectivity index (χ4n) is 3.77. The maximum atomic E-state index is 12.7. The largest absolute Gasteiger partial charge is 0.462 e. The molecule has 4 rings (SSSR count). The minimum Gasteiger partial charge on any atom is -0.462 e. The van der Waals surface area contributed by atoms with Gasteiger partial charge in [0.05, 0.1) is 22.0 Å². The summed E-state index contributed by atoms with van der Waals surface area (Å²) in [5.41, 5.74) is 0.783. The Balaban J connectivity index is 1.29. The van der Waals surface area contributed by atoms with Gasteiger partial charge in [-0.15, -0.1) is 0 Å². The summed E-state index contributed by atoms with van der Waals surface area (Å²) in [4.78, 5) is 16.9. The van der Waals surface area contributed by atoms with E-state index in [0.29, 0.717) is 25.1 Å². The Morgan fingerprint density at radius 3 is 2.45 bits per heavy atom. The maximum Gasteiger partial charge on any atom is 0.338 e. The number of aliphatic imine (C=N–C) groups is 1. The monoisotopic (exact) mass is 491 g/mol. The van der Waals surface area contributed by atoms with Crippen molar-refractivity contribution in [3.63, 3.8) is 0 Å². The number of carbonyl (C=O) groups excluding carboxylic acids is 1. The number of hydrogen-bond donors (Lipinski definition) is 1. The minimum absolute atomic E-state index is 0.0951. The number of sulfonamides is 2. The van der Waals surface area contributed by atoms with Gasteiger partial charge in [0.25, 0.3) is 10.0 Å². The van der Waals surface area contributed by atoms with Gasteiger partial charge in [0.1, 0.15) is 5.84 Å². The third kappa shape index (κ3) is 5.10. The highest BCUT2D eigenvalue weighted by Gasteiger charge is 2.30. The summed E-state index contributed by atoms with van der Waals surface area (Å²) in [5.74, 6) is -0.279. The molecule has 0 saturated carbocycles. The molecule has 1 fully saturated rings. The van der Waals surface area contributed by atoms with Crippen LogP contribution in [0.4, 0.5) is 0 Å². The first kappa shape index (κ1) is 23.4. The second-order valence-corrected chi connectivity index (χ2v) is 11.4. The van der Waals surface area contributed by atoms with Crippen LogP contribution in [0.25, 0.3) is 0 Å². The normalized spacial score (nSPS) is 19.1. The molecule has 0 bridgehead atoms. The summed E-state index contributed by atoms with van der Waals surface area (Å²) >= 11 is 0. The molecule has 1 saturated heterocycles. The standard InChI is InChI=1S/C22H25N3O6S2/c26-22(17-9-11-18(12-10-17)33(29,30)25-14-4-1-5-15-25)31-16-6-13-23-21-19-7-2-3-8-20(19)32(27,28)24-21/h2-3,7-12H,1,4-6,13-16H2,(H,23,24). The van der Waals surface area contributed by atoms with Crippen LogP contribution in [0.1, 0.15) is 41.6 Å². The van der Waals surface area contributed by atoms with Crippen molar-refractivity contribution in [1.82, 2.24) is 9.03 Å². The Bertz CT molecular complexity index is 1270. The molecule has 2 heterocycles. The van der Waals surface area contributed by atoms with Crippen molar-refractivity contribution in [2.45, 2.75) is 35.5 Å². The summed E-state index contributed by atoms with van der Waals surface area (Å²) < 4.78 is 58.7. The number of fused-ring (bicyclic) bond motifs is 1. The number of nitrogens with zero attached hydrogens (tertiary/aromatic N) is 2. The molecule has 0 aliphatic carbocycles. The molecule has 0 atom stereocenters. The van der Waals surface area contributed by atoms with E-state index >= 15 is 0 Å². The molecule has 0 radical (unpaired) electrons. The third-order valence-electron chi connectivity index (χ3n) is 5.51. The first-order valence-electron chi connectivity index (χ1n) is 10.7. The van der Waals surface area contributed by atoms with Gasteiger partial charge in [-0.2, -0.15) is 4.31 Å². The third-order valence-corrected chi connectivity index (χ3v) is 8.82. The van der Waals surface area contributed by atoms with Crippen molar-refractivity contribution in [2.24, 2.45) is 4.99 Å². The van der Waals surface area contributed by atoms with E-state index in [0.717, 1.165) is 19.3 Å². The number of ether oxygens (including phenoxy) is 1. The number of nitrogens with one attached hydrogen (secondary N) is 1. The molecule has 11 heteroatoms. The molecule has 2 aromatic carbocycles. The summed E-state index contributed by atoms with van der Waals surface area (Å²) in [5, 5.41) is 0. The summed E-state index contributed by atoms with van der Waals surface area (Å²) in [7, 11) is -7.13. The van der Waals surface area contributed by atoms with Gasteiger partial charge in [-0.05, 0) is 49.2 Å². The summed E-state index contributed by atoms with van der Waals surface area (Å²) in [6.07, 6.45) is 3.15. The summed E-state index contributed by atoms with van der Waals surface area (Å²) in [6, 6.07) is 12.3. The van der Waals surface area contributed by atoms with E-state index in [2.05, 4.69) is 9.71 Å². The van der Waals surface area contributed by atoms with Gasteiger partial charge in [-0.25, -0.2) is 21.6 Å². The van der Waals surface area contributed by atoms with E-state index in [1.54, 1.807) is 18.2 Å². The molecule has 2 aromatic rings. The zero-order chi connectivity index (χ0) is 23.5. The van der Waals surface area contributed by atoms with Gasteiger partial charge < -0.3 is 4.74 Å². The van der Waals surface area contributed by atoms with Crippen LogP contribution < -0.4 is 4.72 Å². The molecule has 0 aromatic heterocycles. The number of carbonyl (C=O) groups is 1. The first-order valence-corrected chi connectivity index (χ1v) is 13.7. The molecule has 0 amide bonds. The predicted molar refractivity (Wildman–Crippen MR) is 122 cm³/mol. The van der Waals surface area contributed by atoms with Crippen LogP contribution in [0.2, 0.25) is 0 Å². The van der Waals surface area contributed by atoms with Gasteiger partial charge in [0.2, 0.25) is 10.0 Å². The highest BCUT2D eigenvalue weighted by Crippen LogP contribution is 2.23. The number of piperidine rings is 1. The Morgan fingerprint density at radius 2 is 1.73 bits per heavy atom. The summed E-state index contributed by atoms with van der Waals surface area (Å²) in [6.45, 7) is 1.40. The lowest BCUT2D eigenvalue weighted by atomic mass is 10.2. The van der Waals surface area contributed by atoms with E-state index in [9.17, 15) is 21.6 Å². The Kier molecular flexibility index (Phi) is 6.82. The smallest absolute Gasteiger partial charge is 0.338 e. The Morgan fingerprint density at radius 1 is 1.03 bits per heavy atom. The molecule has 176 valence electrons. The van der Waals surface area contributed by atoms with Gasteiger partial charge in [-0.3, -0.25) is 9.71 Å². The molecule has 0 unspecified atom stereocenters. The zero-order valence-electron chi connectivity index (χ0n) is 17.9. The molecule has 9 nitrogen and oxygen atoms in total. The second-order valence-electron chi connectivity index (χ2n) is 7.81. The van der Waals surface area contributed by atoms with Gasteiger partial charge in [0.15, 0.2) is 0 Å². The van der Waals surface area contributed by atoms with Gasteiger partial charge in [-0.1, -0.05) is 18.6 Å². The van der Waals surface area contributed by atoms with Crippen LogP contribution in [-0.4, -0.2) is 59.2 Å². The van der Waals surface area contributed by atoms with Crippen molar-refractivity contribution >= 4 is 31.9 Å². The molecule has 33 heavy (non-hydrogen) atoms. The molecular formula is C22H25N3O6S2. The van der Waals surface area contributed by atoms with E-state index in [4.69, 9.17) is 4.74 Å². The molecule has 1 N–H and O–H groups in total. The lowest BCUT2D eigenvalue weighted by molar-refractivity contribution is 0.0503.